The molecule has 0 amide bonds. The first-order valence-electron chi connectivity index (χ1n) is 3.67. The second kappa shape index (κ2) is 5.87. The van der Waals surface area contributed by atoms with E-state index in [-0.39, 0.29) is 35.9 Å². The molecule has 0 aromatic carbocycles. The molecule has 0 aliphatic rings. The van der Waals surface area contributed by atoms with Crippen LogP contribution in [-0.4, -0.2) is 14.5 Å². The van der Waals surface area contributed by atoms with E-state index in [1.165, 1.54) is 0 Å². The van der Waals surface area contributed by atoms with E-state index in [1.807, 2.05) is 0 Å². The summed E-state index contributed by atoms with van der Waals surface area (Å²) in [6.45, 7) is 13.4. The Morgan fingerprint density at radius 2 is 0.917 bits per heavy atom. The van der Waals surface area contributed by atoms with Crippen molar-refractivity contribution in [3.05, 3.63) is 0 Å². The zero-order valence-corrected chi connectivity index (χ0v) is 12.0. The summed E-state index contributed by atoms with van der Waals surface area (Å²) in [6, 6.07) is 0. The molecule has 0 aliphatic heterocycles. The van der Waals surface area contributed by atoms with Crippen molar-refractivity contribution in [2.45, 2.75) is 52.6 Å². The van der Waals surface area contributed by atoms with Crippen LogP contribution in [-0.2, 0) is 20.7 Å². The summed E-state index contributed by atoms with van der Waals surface area (Å²) in [5, 5.41) is 0. The van der Waals surface area contributed by atoms with Crippen LogP contribution >= 0.6 is 24.8 Å². The predicted molar refractivity (Wildman–Crippen MR) is 55.8 cm³/mol. The van der Waals surface area contributed by atoms with Gasteiger partial charge in [-0.2, -0.15) is 0 Å². The average Bonchev–Trinajstić information content (AvgIpc) is 1.59. The maximum Gasteiger partial charge on any atom is -0.147 e. The van der Waals surface area contributed by atoms with Gasteiger partial charge >= 0.3 is 76.7 Å². The number of halogens is 2. The van der Waals surface area contributed by atoms with Gasteiger partial charge in [0.25, 0.3) is 0 Å². The second-order valence-corrected chi connectivity index (χ2v) is 5.38. The molecule has 0 N–H and O–H groups in total. The van der Waals surface area contributed by atoms with Crippen molar-refractivity contribution >= 4 is 24.8 Å². The largest absolute Gasteiger partial charge is 0.147 e. The maximum absolute atomic E-state index is 2.38. The van der Waals surface area contributed by atoms with Gasteiger partial charge in [-0.25, -0.2) is 0 Å². The Bertz CT molecular complexity index is 101. The Kier molecular flexibility index (Phi) is 9.27. The summed E-state index contributed by atoms with van der Waals surface area (Å²) in [5.74, 6) is 0. The van der Waals surface area contributed by atoms with Crippen LogP contribution in [0.1, 0.15) is 41.5 Å². The van der Waals surface area contributed by atoms with Gasteiger partial charge in [-0.3, -0.25) is 0 Å². The molecule has 0 aliphatic carbocycles. The van der Waals surface area contributed by atoms with Gasteiger partial charge in [-0.1, -0.05) is 0 Å². The summed E-state index contributed by atoms with van der Waals surface area (Å²) in [4.78, 5) is 0. The minimum atomic E-state index is 0. The first-order chi connectivity index (χ1) is 4.15. The fourth-order valence-corrected chi connectivity index (χ4v) is 1.01. The van der Waals surface area contributed by atoms with Gasteiger partial charge in [-0.05, 0) is 0 Å². The third-order valence-electron chi connectivity index (χ3n) is 1.34. The van der Waals surface area contributed by atoms with Crippen molar-refractivity contribution in [3.63, 3.8) is 0 Å². The smallest absolute Gasteiger partial charge is 0.147 e. The van der Waals surface area contributed by atoms with Gasteiger partial charge in [0.05, 0.1) is 0 Å². The third kappa shape index (κ3) is 6.74. The van der Waals surface area contributed by atoms with Gasteiger partial charge < -0.3 is 0 Å². The van der Waals surface area contributed by atoms with E-state index in [1.54, 1.807) is 0 Å². The van der Waals surface area contributed by atoms with Crippen LogP contribution in [0.25, 0.3) is 0 Å². The quantitative estimate of drug-likeness (QED) is 0.596. The first-order valence-corrected chi connectivity index (χ1v) is 4.37. The van der Waals surface area contributed by atoms with Crippen molar-refractivity contribution in [1.29, 1.82) is 0 Å². The number of rotatable bonds is 0. The first kappa shape index (κ1) is 18.9. The SMILES string of the molecule is CC(C)(C)[N]([Ti])C(C)(C)C.Cl.Cl. The van der Waals surface area contributed by atoms with Gasteiger partial charge in [0, 0.05) is 0 Å². The molecule has 0 spiro atoms. The molecule has 0 bridgehead atoms. The van der Waals surface area contributed by atoms with Crippen molar-refractivity contribution in [2.24, 2.45) is 0 Å². The van der Waals surface area contributed by atoms with Crippen molar-refractivity contribution < 1.29 is 20.7 Å². The number of hydrogen-bond acceptors (Lipinski definition) is 1. The minimum absolute atomic E-state index is 0. The van der Waals surface area contributed by atoms with Crippen molar-refractivity contribution in [1.82, 2.24) is 3.38 Å². The monoisotopic (exact) mass is 248 g/mol. The predicted octanol–water partition coefficient (Wildman–Crippen LogP) is 3.19. The van der Waals surface area contributed by atoms with Crippen LogP contribution in [0.4, 0.5) is 0 Å². The Morgan fingerprint density at radius 1 is 0.750 bits per heavy atom. The van der Waals surface area contributed by atoms with Gasteiger partial charge in [0.2, 0.25) is 0 Å². The van der Waals surface area contributed by atoms with Gasteiger partial charge in [0.1, 0.15) is 0 Å². The molecule has 0 rings (SSSR count). The van der Waals surface area contributed by atoms with E-state index >= 15 is 0 Å². The minimum Gasteiger partial charge on any atom is -0.147 e. The summed E-state index contributed by atoms with van der Waals surface area (Å²) >= 11 is 2.17. The van der Waals surface area contributed by atoms with E-state index in [4.69, 9.17) is 0 Å². The third-order valence-corrected chi connectivity index (χ3v) is 3.44. The number of nitrogens with zero attached hydrogens (tertiary/aromatic N) is 1. The fourth-order valence-electron chi connectivity index (χ4n) is 1.01. The van der Waals surface area contributed by atoms with Crippen LogP contribution in [0.3, 0.4) is 0 Å². The average molecular weight is 249 g/mol. The van der Waals surface area contributed by atoms with Crippen LogP contribution in [0.15, 0.2) is 0 Å². The van der Waals surface area contributed by atoms with E-state index in [0.29, 0.717) is 0 Å². The molecular formula is C8H20Cl2NTi. The van der Waals surface area contributed by atoms with E-state index in [0.717, 1.165) is 0 Å². The molecule has 1 nitrogen and oxygen atoms in total. The summed E-state index contributed by atoms with van der Waals surface area (Å²) in [5.41, 5.74) is 0.552. The molecule has 0 heterocycles. The molecule has 12 heavy (non-hydrogen) atoms. The summed E-state index contributed by atoms with van der Waals surface area (Å²) < 4.78 is 2.38. The number of hydrogen-bond donors (Lipinski definition) is 0. The van der Waals surface area contributed by atoms with E-state index < -0.39 is 0 Å². The summed E-state index contributed by atoms with van der Waals surface area (Å²) in [6.07, 6.45) is 0. The standard InChI is InChI=1S/C8H18N.2ClH.Ti/c1-7(2,3)9-8(4,5)6;;;/h1-6H3;2*1H;/q-1;;;+1. The Hall–Kier alpha value is 1.25. The molecule has 0 aromatic rings. The Balaban J connectivity index is -0.000000405. The summed E-state index contributed by atoms with van der Waals surface area (Å²) in [7, 11) is 0. The molecular weight excluding hydrogens is 229 g/mol. The Labute approximate surface area is 101 Å². The van der Waals surface area contributed by atoms with Crippen LogP contribution in [0.5, 0.6) is 0 Å². The Morgan fingerprint density at radius 3 is 0.917 bits per heavy atom. The zero-order chi connectivity index (χ0) is 8.58. The molecule has 0 fully saturated rings. The van der Waals surface area contributed by atoms with Crippen molar-refractivity contribution in [2.75, 3.05) is 0 Å². The van der Waals surface area contributed by atoms with E-state index in [2.05, 4.69) is 65.6 Å². The fraction of sp³-hybridized carbons (Fsp3) is 1.00. The van der Waals surface area contributed by atoms with Crippen LogP contribution in [0.2, 0.25) is 0 Å². The molecule has 0 unspecified atom stereocenters. The van der Waals surface area contributed by atoms with Crippen molar-refractivity contribution in [3.8, 4) is 0 Å². The molecule has 0 saturated heterocycles. The second-order valence-electron chi connectivity index (χ2n) is 4.68. The molecule has 4 heteroatoms. The molecule has 0 saturated carbocycles. The van der Waals surface area contributed by atoms with E-state index in [9.17, 15) is 0 Å². The van der Waals surface area contributed by atoms with Gasteiger partial charge in [-0.15, -0.1) is 24.8 Å². The zero-order valence-electron chi connectivity index (χ0n) is 8.76. The molecule has 0 aromatic heterocycles. The van der Waals surface area contributed by atoms with Crippen LogP contribution in [0, 0.1) is 0 Å². The molecule has 0 atom stereocenters. The maximum atomic E-state index is 2.38. The molecule has 0 radical (unpaired) electrons. The topological polar surface area (TPSA) is 3.24 Å². The molecule has 75 valence electrons. The van der Waals surface area contributed by atoms with Gasteiger partial charge in [0.15, 0.2) is 0 Å². The van der Waals surface area contributed by atoms with Crippen LogP contribution < -0.4 is 0 Å². The normalized spacial score (nSPS) is 11.8.